The van der Waals surface area contributed by atoms with Gasteiger partial charge >= 0.3 is 0 Å². The Morgan fingerprint density at radius 1 is 1.21 bits per heavy atom. The zero-order chi connectivity index (χ0) is 17.3. The van der Waals surface area contributed by atoms with Gasteiger partial charge in [0, 0.05) is 38.8 Å². The Bertz CT molecular complexity index is 765. The smallest absolute Gasteiger partial charge is 0.244 e. The van der Waals surface area contributed by atoms with Crippen molar-refractivity contribution in [2.45, 2.75) is 26.8 Å². The number of piperazine rings is 1. The predicted molar refractivity (Wildman–Crippen MR) is 96.3 cm³/mol. The summed E-state index contributed by atoms with van der Waals surface area (Å²) in [5.74, 6) is 0.139. The zero-order valence-electron chi connectivity index (χ0n) is 14.2. The van der Waals surface area contributed by atoms with Crippen molar-refractivity contribution in [3.05, 3.63) is 23.2 Å². The molecule has 2 aromatic rings. The summed E-state index contributed by atoms with van der Waals surface area (Å²) in [6.45, 7) is 7.85. The number of thiazole rings is 1. The summed E-state index contributed by atoms with van der Waals surface area (Å²) in [5, 5.41) is 4.32. The third kappa shape index (κ3) is 3.51. The van der Waals surface area contributed by atoms with Crippen molar-refractivity contribution in [1.29, 1.82) is 0 Å². The minimum atomic E-state index is -0.305. The predicted octanol–water partition coefficient (Wildman–Crippen LogP) is 2.10. The highest BCUT2D eigenvalue weighted by Gasteiger charge is 2.25. The maximum atomic E-state index is 12.6. The van der Waals surface area contributed by atoms with Crippen molar-refractivity contribution in [1.82, 2.24) is 14.8 Å². The molecule has 1 N–H and O–H groups in total. The number of anilines is 1. The monoisotopic (exact) mass is 346 g/mol. The van der Waals surface area contributed by atoms with E-state index in [-0.39, 0.29) is 17.9 Å². The molecule has 3 rings (SSSR count). The molecule has 128 valence electrons. The van der Waals surface area contributed by atoms with Crippen LogP contribution in [0.2, 0.25) is 0 Å². The Kier molecular flexibility index (Phi) is 4.71. The first-order chi connectivity index (χ1) is 11.4. The Morgan fingerprint density at radius 2 is 1.88 bits per heavy atom. The van der Waals surface area contributed by atoms with Gasteiger partial charge in [-0.1, -0.05) is 0 Å². The van der Waals surface area contributed by atoms with Crippen molar-refractivity contribution >= 4 is 39.1 Å². The molecule has 24 heavy (non-hydrogen) atoms. The number of nitrogens with zero attached hydrogens (tertiary/aromatic N) is 3. The number of fused-ring (bicyclic) bond motifs is 1. The van der Waals surface area contributed by atoms with Gasteiger partial charge < -0.3 is 15.1 Å². The first-order valence-corrected chi connectivity index (χ1v) is 8.94. The van der Waals surface area contributed by atoms with Crippen molar-refractivity contribution in [2.24, 2.45) is 0 Å². The second-order valence-corrected chi connectivity index (χ2v) is 7.35. The highest BCUT2D eigenvalue weighted by atomic mass is 32.1. The van der Waals surface area contributed by atoms with Crippen LogP contribution in [0.25, 0.3) is 10.2 Å². The third-order valence-corrected chi connectivity index (χ3v) is 5.22. The molecule has 6 nitrogen and oxygen atoms in total. The van der Waals surface area contributed by atoms with Gasteiger partial charge in [0.1, 0.15) is 6.04 Å². The molecule has 1 atom stereocenters. The molecule has 2 amide bonds. The summed E-state index contributed by atoms with van der Waals surface area (Å²) in [6.07, 6.45) is 0. The highest BCUT2D eigenvalue weighted by Crippen LogP contribution is 2.25. The molecule has 1 aliphatic rings. The number of rotatable bonds is 3. The minimum Gasteiger partial charge on any atom is -0.374 e. The van der Waals surface area contributed by atoms with E-state index in [4.69, 9.17) is 0 Å². The lowest BCUT2D eigenvalue weighted by Crippen LogP contribution is -2.53. The molecule has 7 heteroatoms. The average molecular weight is 346 g/mol. The number of benzene rings is 1. The molecule has 0 spiro atoms. The molecule has 1 aliphatic heterocycles. The fourth-order valence-electron chi connectivity index (χ4n) is 2.96. The Labute approximate surface area is 145 Å². The lowest BCUT2D eigenvalue weighted by Gasteiger charge is -2.35. The quantitative estimate of drug-likeness (QED) is 0.924. The van der Waals surface area contributed by atoms with Gasteiger partial charge in [-0.3, -0.25) is 9.59 Å². The number of aromatic nitrogens is 1. The number of hydrogen-bond acceptors (Lipinski definition) is 5. The summed E-state index contributed by atoms with van der Waals surface area (Å²) in [6, 6.07) is 5.67. The van der Waals surface area contributed by atoms with E-state index in [9.17, 15) is 9.59 Å². The molecular formula is C17H22N4O2S. The number of aryl methyl sites for hydroxylation is 1. The van der Waals surface area contributed by atoms with Gasteiger partial charge in [0.2, 0.25) is 11.8 Å². The number of amides is 2. The van der Waals surface area contributed by atoms with Crippen molar-refractivity contribution in [2.75, 3.05) is 31.5 Å². The largest absolute Gasteiger partial charge is 0.374 e. The Hall–Kier alpha value is -2.15. The molecule has 1 saturated heterocycles. The second kappa shape index (κ2) is 6.76. The Balaban J connectivity index is 1.62. The van der Waals surface area contributed by atoms with Crippen LogP contribution in [-0.4, -0.2) is 58.8 Å². The first kappa shape index (κ1) is 16.7. The van der Waals surface area contributed by atoms with Gasteiger partial charge in [0.05, 0.1) is 15.2 Å². The zero-order valence-corrected chi connectivity index (χ0v) is 15.0. The van der Waals surface area contributed by atoms with Gasteiger partial charge in [-0.2, -0.15) is 0 Å². The molecule has 0 aliphatic carbocycles. The highest BCUT2D eigenvalue weighted by molar-refractivity contribution is 7.18. The van der Waals surface area contributed by atoms with E-state index < -0.39 is 0 Å². The summed E-state index contributed by atoms with van der Waals surface area (Å²) < 4.78 is 1.12. The molecule has 0 saturated carbocycles. The third-order valence-electron chi connectivity index (χ3n) is 4.29. The van der Waals surface area contributed by atoms with Crippen LogP contribution in [-0.2, 0) is 9.59 Å². The standard InChI is InChI=1S/C17H22N4O2S/c1-11(17(23)21-8-6-20(7-9-21)13(3)22)18-14-4-5-15-16(10-14)24-12(2)19-15/h4-5,10-11,18H,6-9H2,1-3H3. The molecular weight excluding hydrogens is 324 g/mol. The minimum absolute atomic E-state index is 0.0683. The lowest BCUT2D eigenvalue weighted by atomic mass is 10.2. The van der Waals surface area contributed by atoms with E-state index in [0.717, 1.165) is 20.9 Å². The van der Waals surface area contributed by atoms with Gasteiger partial charge in [0.25, 0.3) is 0 Å². The van der Waals surface area contributed by atoms with Gasteiger partial charge in [-0.15, -0.1) is 11.3 Å². The summed E-state index contributed by atoms with van der Waals surface area (Å²) in [5.41, 5.74) is 1.91. The summed E-state index contributed by atoms with van der Waals surface area (Å²) in [7, 11) is 0. The van der Waals surface area contributed by atoms with Gasteiger partial charge in [-0.05, 0) is 32.0 Å². The molecule has 1 fully saturated rings. The van der Waals surface area contributed by atoms with Crippen LogP contribution in [0.1, 0.15) is 18.9 Å². The molecule has 1 unspecified atom stereocenters. The number of carbonyl (C=O) groups excluding carboxylic acids is 2. The number of nitrogens with one attached hydrogen (secondary N) is 1. The average Bonchev–Trinajstić information content (AvgIpc) is 2.93. The molecule has 2 heterocycles. The molecule has 0 radical (unpaired) electrons. The van der Waals surface area contributed by atoms with E-state index >= 15 is 0 Å². The fraction of sp³-hybridized carbons (Fsp3) is 0.471. The van der Waals surface area contributed by atoms with E-state index in [1.807, 2.05) is 36.9 Å². The van der Waals surface area contributed by atoms with Crippen LogP contribution in [0.3, 0.4) is 0 Å². The number of carbonyl (C=O) groups is 2. The van der Waals surface area contributed by atoms with E-state index in [1.54, 1.807) is 23.2 Å². The van der Waals surface area contributed by atoms with Crippen molar-refractivity contribution < 1.29 is 9.59 Å². The summed E-state index contributed by atoms with van der Waals surface area (Å²) >= 11 is 1.65. The topological polar surface area (TPSA) is 65.5 Å². The summed E-state index contributed by atoms with van der Waals surface area (Å²) in [4.78, 5) is 32.0. The van der Waals surface area contributed by atoms with E-state index in [0.29, 0.717) is 26.2 Å². The van der Waals surface area contributed by atoms with Crippen LogP contribution >= 0.6 is 11.3 Å². The van der Waals surface area contributed by atoms with Crippen LogP contribution < -0.4 is 5.32 Å². The normalized spacial score (nSPS) is 16.3. The maximum absolute atomic E-state index is 12.6. The molecule has 0 bridgehead atoms. The van der Waals surface area contributed by atoms with Crippen LogP contribution in [0.5, 0.6) is 0 Å². The molecule has 1 aromatic heterocycles. The molecule has 1 aromatic carbocycles. The van der Waals surface area contributed by atoms with E-state index in [2.05, 4.69) is 10.3 Å². The SMILES string of the molecule is CC(=O)N1CCN(C(=O)C(C)Nc2ccc3nc(C)sc3c2)CC1. The van der Waals surface area contributed by atoms with Gasteiger partial charge in [0.15, 0.2) is 0 Å². The Morgan fingerprint density at radius 3 is 2.54 bits per heavy atom. The van der Waals surface area contributed by atoms with Crippen LogP contribution in [0.4, 0.5) is 5.69 Å². The lowest BCUT2D eigenvalue weighted by molar-refractivity contribution is -0.138. The van der Waals surface area contributed by atoms with Crippen LogP contribution in [0, 0.1) is 6.92 Å². The van der Waals surface area contributed by atoms with Crippen molar-refractivity contribution in [3.63, 3.8) is 0 Å². The van der Waals surface area contributed by atoms with Gasteiger partial charge in [-0.25, -0.2) is 4.98 Å². The van der Waals surface area contributed by atoms with E-state index in [1.165, 1.54) is 0 Å². The first-order valence-electron chi connectivity index (χ1n) is 8.12. The number of hydrogen-bond donors (Lipinski definition) is 1. The van der Waals surface area contributed by atoms with Crippen molar-refractivity contribution in [3.8, 4) is 0 Å². The maximum Gasteiger partial charge on any atom is 0.244 e. The second-order valence-electron chi connectivity index (χ2n) is 6.11. The fourth-order valence-corrected chi connectivity index (χ4v) is 3.82. The van der Waals surface area contributed by atoms with Crippen LogP contribution in [0.15, 0.2) is 18.2 Å².